The number of benzene rings is 2. The number of carbonyl (C=O) groups is 2. The molecule has 8 nitrogen and oxygen atoms in total. The monoisotopic (exact) mass is 556 g/mol. The van der Waals surface area contributed by atoms with E-state index in [1.54, 1.807) is 31.3 Å². The average Bonchev–Trinajstić information content (AvgIpc) is 3.50. The van der Waals surface area contributed by atoms with Crippen LogP contribution in [0.1, 0.15) is 44.7 Å². The van der Waals surface area contributed by atoms with Crippen molar-refractivity contribution in [2.24, 2.45) is 7.05 Å². The zero-order chi connectivity index (χ0) is 23.4. The normalized spacial score (nSPS) is 13.1. The van der Waals surface area contributed by atoms with Crippen LogP contribution >= 0.6 is 22.6 Å². The lowest BCUT2D eigenvalue weighted by Gasteiger charge is -2.18. The summed E-state index contributed by atoms with van der Waals surface area (Å²) in [6.45, 7) is 1.80. The Bertz CT molecular complexity index is 1160. The number of carbonyl (C=O) groups excluding carboxylic acids is 2. The molecule has 0 unspecified atom stereocenters. The molecule has 0 saturated carbocycles. The predicted molar refractivity (Wildman–Crippen MR) is 137 cm³/mol. The zero-order valence-corrected chi connectivity index (χ0v) is 20.4. The molecular weight excluding hydrogens is 531 g/mol. The van der Waals surface area contributed by atoms with E-state index >= 15 is 0 Å². The highest BCUT2D eigenvalue weighted by Gasteiger charge is 2.20. The molecule has 170 valence electrons. The van der Waals surface area contributed by atoms with Gasteiger partial charge >= 0.3 is 0 Å². The number of alkyl halides is 1. The molecule has 1 fully saturated rings. The maximum absolute atomic E-state index is 12.9. The number of anilines is 2. The summed E-state index contributed by atoms with van der Waals surface area (Å²) in [4.78, 5) is 27.7. The van der Waals surface area contributed by atoms with Gasteiger partial charge in [0.15, 0.2) is 0 Å². The van der Waals surface area contributed by atoms with Gasteiger partial charge in [0.2, 0.25) is 0 Å². The minimum Gasteiger partial charge on any atom is -0.357 e. The first kappa shape index (κ1) is 23.0. The number of halogens is 1. The second-order valence-electron chi connectivity index (χ2n) is 7.89. The molecule has 1 aromatic heterocycles. The lowest BCUT2D eigenvalue weighted by Crippen LogP contribution is -2.27. The van der Waals surface area contributed by atoms with Gasteiger partial charge in [0.1, 0.15) is 17.2 Å². The van der Waals surface area contributed by atoms with Gasteiger partial charge in [-0.05, 0) is 42.7 Å². The molecule has 0 radical (unpaired) electrons. The first-order valence-electron chi connectivity index (χ1n) is 10.7. The summed E-state index contributed by atoms with van der Waals surface area (Å²) < 4.78 is 2.36. The van der Waals surface area contributed by atoms with Crippen molar-refractivity contribution < 1.29 is 9.59 Å². The second kappa shape index (κ2) is 10.2. The van der Waals surface area contributed by atoms with Gasteiger partial charge in [-0.1, -0.05) is 46.9 Å². The third-order valence-electron chi connectivity index (χ3n) is 5.62. The Morgan fingerprint density at radius 3 is 2.24 bits per heavy atom. The highest BCUT2D eigenvalue weighted by Crippen LogP contribution is 2.19. The Hall–Kier alpha value is -3.21. The van der Waals surface area contributed by atoms with Gasteiger partial charge in [-0.15, -0.1) is 0 Å². The molecule has 0 bridgehead atoms. The summed E-state index contributed by atoms with van der Waals surface area (Å²) in [7, 11) is 1.67. The fraction of sp³-hybridized carbons (Fsp3) is 0.250. The van der Waals surface area contributed by atoms with Crippen molar-refractivity contribution in [2.75, 3.05) is 23.7 Å². The summed E-state index contributed by atoms with van der Waals surface area (Å²) in [6, 6.07) is 14.6. The van der Waals surface area contributed by atoms with Crippen molar-refractivity contribution in [2.45, 2.75) is 17.3 Å². The summed E-state index contributed by atoms with van der Waals surface area (Å²) in [6.07, 6.45) is 3.64. The fourth-order valence-corrected chi connectivity index (χ4v) is 4.22. The molecule has 9 heteroatoms. The quantitative estimate of drug-likeness (QED) is 0.183. The molecule has 1 aliphatic rings. The molecule has 33 heavy (non-hydrogen) atoms. The van der Waals surface area contributed by atoms with E-state index in [4.69, 9.17) is 5.41 Å². The van der Waals surface area contributed by atoms with Crippen LogP contribution in [0.5, 0.6) is 0 Å². The van der Waals surface area contributed by atoms with E-state index < -0.39 is 0 Å². The highest BCUT2D eigenvalue weighted by atomic mass is 127. The van der Waals surface area contributed by atoms with E-state index in [0.717, 1.165) is 35.9 Å². The average molecular weight is 556 g/mol. The van der Waals surface area contributed by atoms with Crippen LogP contribution in [0.4, 0.5) is 11.5 Å². The number of aromatic nitrogens is 2. The van der Waals surface area contributed by atoms with E-state index in [1.165, 1.54) is 16.4 Å². The molecule has 3 N–H and O–H groups in total. The lowest BCUT2D eigenvalue weighted by atomic mass is 10.1. The molecule has 3 aromatic rings. The summed E-state index contributed by atoms with van der Waals surface area (Å²) >= 11 is 2.28. The van der Waals surface area contributed by atoms with E-state index in [9.17, 15) is 9.59 Å². The molecule has 0 aliphatic carbocycles. The van der Waals surface area contributed by atoms with E-state index in [1.807, 2.05) is 29.2 Å². The molecular formula is C24H25IN6O2. The zero-order valence-electron chi connectivity index (χ0n) is 18.3. The van der Waals surface area contributed by atoms with Crippen molar-refractivity contribution >= 4 is 51.7 Å². The molecule has 2 amide bonds. The molecule has 1 aliphatic heterocycles. The standard InChI is InChI=1S/C24H25IN6O2/c1-30-22(20(15-27-30)24(33)28-19-10-4-16(14-25)5-11-19)29-23(32)18-8-6-17(7-9-18)21(26)31-12-2-3-13-31/h4-11,15,26H,2-3,12-14H2,1H3,(H,28,33)(H,29,32). The number of aryl methyl sites for hydroxylation is 1. The summed E-state index contributed by atoms with van der Waals surface area (Å²) in [5.74, 6) is 0.0974. The first-order chi connectivity index (χ1) is 16.0. The molecule has 4 rings (SSSR count). The number of nitrogens with one attached hydrogen (secondary N) is 3. The van der Waals surface area contributed by atoms with Gasteiger partial charge in [-0.25, -0.2) is 0 Å². The summed E-state index contributed by atoms with van der Waals surface area (Å²) in [5.41, 5.74) is 3.34. The number of likely N-dealkylation sites (tertiary alicyclic amines) is 1. The van der Waals surface area contributed by atoms with Crippen LogP contribution < -0.4 is 10.6 Å². The molecule has 0 spiro atoms. The maximum Gasteiger partial charge on any atom is 0.261 e. The lowest BCUT2D eigenvalue weighted by molar-refractivity contribution is 0.102. The number of nitrogens with zero attached hydrogens (tertiary/aromatic N) is 3. The molecule has 2 aromatic carbocycles. The van der Waals surface area contributed by atoms with Crippen molar-refractivity contribution in [1.82, 2.24) is 14.7 Å². The van der Waals surface area contributed by atoms with Crippen LogP contribution in [-0.2, 0) is 11.5 Å². The van der Waals surface area contributed by atoms with Crippen LogP contribution in [0, 0.1) is 5.41 Å². The van der Waals surface area contributed by atoms with Crippen LogP contribution in [0.25, 0.3) is 0 Å². The highest BCUT2D eigenvalue weighted by molar-refractivity contribution is 14.1. The van der Waals surface area contributed by atoms with E-state index in [-0.39, 0.29) is 17.4 Å². The van der Waals surface area contributed by atoms with Crippen LogP contribution in [0.2, 0.25) is 0 Å². The van der Waals surface area contributed by atoms with Gasteiger partial charge in [-0.2, -0.15) is 5.10 Å². The fourth-order valence-electron chi connectivity index (χ4n) is 3.71. The topological polar surface area (TPSA) is 103 Å². The first-order valence-corrected chi connectivity index (χ1v) is 12.2. The third kappa shape index (κ3) is 5.24. The Balaban J connectivity index is 1.45. The van der Waals surface area contributed by atoms with Crippen LogP contribution in [-0.4, -0.2) is 45.4 Å². The smallest absolute Gasteiger partial charge is 0.261 e. The predicted octanol–water partition coefficient (Wildman–Crippen LogP) is 4.28. The van der Waals surface area contributed by atoms with Gasteiger partial charge in [-0.3, -0.25) is 19.7 Å². The Labute approximate surface area is 206 Å². The van der Waals surface area contributed by atoms with Crippen molar-refractivity contribution in [3.8, 4) is 0 Å². The van der Waals surface area contributed by atoms with Crippen LogP contribution in [0.3, 0.4) is 0 Å². The number of amidine groups is 1. The number of amides is 2. The van der Waals surface area contributed by atoms with Crippen molar-refractivity contribution in [1.29, 1.82) is 5.41 Å². The maximum atomic E-state index is 12.9. The van der Waals surface area contributed by atoms with E-state index in [2.05, 4.69) is 38.3 Å². The van der Waals surface area contributed by atoms with E-state index in [0.29, 0.717) is 22.9 Å². The Morgan fingerprint density at radius 2 is 1.61 bits per heavy atom. The van der Waals surface area contributed by atoms with Gasteiger partial charge in [0, 0.05) is 41.4 Å². The Kier molecular flexibility index (Phi) is 7.07. The largest absolute Gasteiger partial charge is 0.357 e. The number of rotatable bonds is 6. The third-order valence-corrected chi connectivity index (χ3v) is 6.51. The van der Waals surface area contributed by atoms with Crippen molar-refractivity contribution in [3.63, 3.8) is 0 Å². The van der Waals surface area contributed by atoms with Gasteiger partial charge < -0.3 is 15.5 Å². The van der Waals surface area contributed by atoms with Crippen LogP contribution in [0.15, 0.2) is 54.7 Å². The van der Waals surface area contributed by atoms with Gasteiger partial charge in [0.25, 0.3) is 11.8 Å². The minimum absolute atomic E-state index is 0.274. The number of hydrogen-bond donors (Lipinski definition) is 3. The SMILES string of the molecule is Cn1ncc(C(=O)Nc2ccc(CI)cc2)c1NC(=O)c1ccc(C(=N)N2CCCC2)cc1. The Morgan fingerprint density at radius 1 is 0.970 bits per heavy atom. The van der Waals surface area contributed by atoms with Gasteiger partial charge in [0.05, 0.1) is 6.20 Å². The molecule has 0 atom stereocenters. The number of hydrogen-bond acceptors (Lipinski definition) is 4. The second-order valence-corrected chi connectivity index (χ2v) is 8.65. The van der Waals surface area contributed by atoms with Crippen molar-refractivity contribution in [3.05, 3.63) is 77.0 Å². The molecule has 1 saturated heterocycles. The molecule has 2 heterocycles. The summed E-state index contributed by atoms with van der Waals surface area (Å²) in [5, 5.41) is 18.1. The minimum atomic E-state index is -0.352.